The molecule has 3 aromatic rings. The van der Waals surface area contributed by atoms with Crippen molar-refractivity contribution in [3.05, 3.63) is 82.9 Å². The monoisotopic (exact) mass is 610 g/mol. The van der Waals surface area contributed by atoms with Crippen LogP contribution in [0.2, 0.25) is 0 Å². The topological polar surface area (TPSA) is 123 Å². The van der Waals surface area contributed by atoms with Crippen LogP contribution in [0.3, 0.4) is 0 Å². The Morgan fingerprint density at radius 3 is 2.72 bits per heavy atom. The van der Waals surface area contributed by atoms with E-state index in [2.05, 4.69) is 10.0 Å². The molecule has 0 spiro atoms. The summed E-state index contributed by atoms with van der Waals surface area (Å²) < 4.78 is 45.8. The number of carbonyl (C=O) groups excluding carboxylic acids is 1. The molecule has 1 heterocycles. The zero-order valence-electron chi connectivity index (χ0n) is 24.2. The molecule has 2 atom stereocenters. The molecule has 5 rings (SSSR count). The van der Waals surface area contributed by atoms with Gasteiger partial charge in [0.25, 0.3) is 10.0 Å². The summed E-state index contributed by atoms with van der Waals surface area (Å²) in [6.45, 7) is 5.77. The van der Waals surface area contributed by atoms with Crippen molar-refractivity contribution in [2.75, 3.05) is 17.9 Å². The van der Waals surface area contributed by atoms with E-state index in [0.29, 0.717) is 17.1 Å². The number of aliphatic hydroxyl groups is 1. The van der Waals surface area contributed by atoms with Gasteiger partial charge in [-0.2, -0.15) is 0 Å². The van der Waals surface area contributed by atoms with Crippen molar-refractivity contribution in [2.45, 2.75) is 83.1 Å². The highest BCUT2D eigenvalue weighted by Gasteiger charge is 2.24. The fourth-order valence-electron chi connectivity index (χ4n) is 5.29. The lowest BCUT2D eigenvalue weighted by Gasteiger charge is -2.23. The third-order valence-electron chi connectivity index (χ3n) is 7.26. The van der Waals surface area contributed by atoms with Crippen molar-refractivity contribution < 1.29 is 32.5 Å². The molecule has 0 saturated carbocycles. The third-order valence-corrected chi connectivity index (χ3v) is 8.62. The summed E-state index contributed by atoms with van der Waals surface area (Å²) in [5, 5.41) is 14.7. The van der Waals surface area contributed by atoms with E-state index in [0.717, 1.165) is 36.8 Å². The first kappa shape index (κ1) is 32.3. The van der Waals surface area contributed by atoms with Crippen molar-refractivity contribution in [1.29, 1.82) is 0 Å². The highest BCUT2D eigenvalue weighted by atomic mass is 32.2. The first-order valence-corrected chi connectivity index (χ1v) is 15.7. The Balaban J connectivity index is 0.00000423. The Bertz CT molecular complexity index is 1550. The molecule has 3 N–H and O–H groups in total. The second-order valence-electron chi connectivity index (χ2n) is 11.8. The SMILES string of the molecule is C.CC(C)(C)OC(=O)COc1ccc2c(c1)CC(NC[C@H](O)c1ccc3cc1NS(=O)(=O)c1cccc(c1)CO3)CCC2. The Morgan fingerprint density at radius 1 is 1.12 bits per heavy atom. The molecule has 1 aliphatic heterocycles. The van der Waals surface area contributed by atoms with Gasteiger partial charge in [0.1, 0.15) is 23.7 Å². The van der Waals surface area contributed by atoms with Gasteiger partial charge in [-0.15, -0.1) is 0 Å². The molecular formula is C33H42N2O7S. The van der Waals surface area contributed by atoms with Crippen molar-refractivity contribution in [1.82, 2.24) is 5.32 Å². The van der Waals surface area contributed by atoms with Gasteiger partial charge in [-0.25, -0.2) is 13.2 Å². The van der Waals surface area contributed by atoms with Crippen molar-refractivity contribution in [2.24, 2.45) is 0 Å². The normalized spacial score (nSPS) is 17.9. The largest absolute Gasteiger partial charge is 0.489 e. The van der Waals surface area contributed by atoms with E-state index in [1.54, 1.807) is 30.3 Å². The Hall–Kier alpha value is -3.60. The maximum absolute atomic E-state index is 13.1. The van der Waals surface area contributed by atoms with Gasteiger partial charge in [0.05, 0.1) is 16.7 Å². The van der Waals surface area contributed by atoms with E-state index >= 15 is 0 Å². The molecule has 0 radical (unpaired) electrons. The summed E-state index contributed by atoms with van der Waals surface area (Å²) in [6, 6.07) is 17.7. The molecule has 1 unspecified atom stereocenters. The molecule has 4 bridgehead atoms. The molecular weight excluding hydrogens is 568 g/mol. The van der Waals surface area contributed by atoms with Crippen LogP contribution in [0.1, 0.15) is 69.4 Å². The van der Waals surface area contributed by atoms with Gasteiger partial charge in [0.2, 0.25) is 0 Å². The number of carbonyl (C=O) groups is 1. The summed E-state index contributed by atoms with van der Waals surface area (Å²) in [5.41, 5.74) is 3.30. The Kier molecular flexibility index (Phi) is 10.0. The number of sulfonamides is 1. The number of benzene rings is 3. The molecule has 3 aromatic carbocycles. The summed E-state index contributed by atoms with van der Waals surface area (Å²) in [6.07, 6.45) is 2.59. The van der Waals surface area contributed by atoms with Crippen LogP contribution in [0.4, 0.5) is 5.69 Å². The van der Waals surface area contributed by atoms with Gasteiger partial charge in [-0.05, 0) is 93.5 Å². The van der Waals surface area contributed by atoms with Crippen LogP contribution < -0.4 is 19.5 Å². The lowest BCUT2D eigenvalue weighted by atomic mass is 10.0. The molecule has 43 heavy (non-hydrogen) atoms. The Morgan fingerprint density at radius 2 is 1.93 bits per heavy atom. The predicted octanol–water partition coefficient (Wildman–Crippen LogP) is 5.31. The van der Waals surface area contributed by atoms with Gasteiger partial charge >= 0.3 is 5.97 Å². The van der Waals surface area contributed by atoms with E-state index in [1.807, 2.05) is 45.0 Å². The third kappa shape index (κ3) is 8.49. The highest BCUT2D eigenvalue weighted by molar-refractivity contribution is 7.92. The average Bonchev–Trinajstić information content (AvgIpc) is 3.14. The zero-order valence-corrected chi connectivity index (χ0v) is 25.0. The molecule has 232 valence electrons. The van der Waals surface area contributed by atoms with E-state index in [1.165, 1.54) is 11.6 Å². The number of rotatable bonds is 7. The Labute approximate surface area is 254 Å². The van der Waals surface area contributed by atoms with Crippen LogP contribution in [0.5, 0.6) is 11.5 Å². The number of fused-ring (bicyclic) bond motifs is 5. The van der Waals surface area contributed by atoms with Crippen LogP contribution >= 0.6 is 0 Å². The van der Waals surface area contributed by atoms with Crippen LogP contribution in [0.15, 0.2) is 65.6 Å². The first-order valence-electron chi connectivity index (χ1n) is 14.2. The number of hydrogen-bond acceptors (Lipinski definition) is 8. The second-order valence-corrected chi connectivity index (χ2v) is 13.5. The molecule has 1 aliphatic carbocycles. The summed E-state index contributed by atoms with van der Waals surface area (Å²) in [7, 11) is -3.85. The van der Waals surface area contributed by atoms with Gasteiger partial charge in [-0.1, -0.05) is 31.7 Å². The van der Waals surface area contributed by atoms with Gasteiger partial charge in [-0.3, -0.25) is 4.72 Å². The van der Waals surface area contributed by atoms with Crippen molar-refractivity contribution in [3.8, 4) is 11.5 Å². The zero-order chi connectivity index (χ0) is 29.9. The lowest BCUT2D eigenvalue weighted by molar-refractivity contribution is -0.157. The number of hydrogen-bond donors (Lipinski definition) is 3. The van der Waals surface area contributed by atoms with Gasteiger partial charge in [0, 0.05) is 24.2 Å². The molecule has 0 fully saturated rings. The molecule has 0 amide bonds. The van der Waals surface area contributed by atoms with Gasteiger partial charge in [0.15, 0.2) is 6.61 Å². The minimum absolute atomic E-state index is 0. The van der Waals surface area contributed by atoms with Crippen molar-refractivity contribution >= 4 is 21.7 Å². The number of aliphatic hydroxyl groups excluding tert-OH is 1. The second kappa shape index (κ2) is 13.4. The summed E-state index contributed by atoms with van der Waals surface area (Å²) >= 11 is 0. The minimum Gasteiger partial charge on any atom is -0.489 e. The minimum atomic E-state index is -3.85. The molecule has 2 aliphatic rings. The lowest BCUT2D eigenvalue weighted by Crippen LogP contribution is -2.34. The maximum Gasteiger partial charge on any atom is 0.344 e. The van der Waals surface area contributed by atoms with E-state index < -0.39 is 27.7 Å². The molecule has 9 nitrogen and oxygen atoms in total. The fourth-order valence-corrected chi connectivity index (χ4v) is 6.43. The van der Waals surface area contributed by atoms with E-state index in [-0.39, 0.29) is 43.8 Å². The highest BCUT2D eigenvalue weighted by Crippen LogP contribution is 2.32. The molecule has 0 aromatic heterocycles. The van der Waals surface area contributed by atoms with Crippen LogP contribution in [-0.2, 0) is 39.0 Å². The smallest absolute Gasteiger partial charge is 0.344 e. The number of ether oxygens (including phenoxy) is 3. The van der Waals surface area contributed by atoms with Gasteiger partial charge < -0.3 is 24.6 Å². The molecule has 10 heteroatoms. The predicted molar refractivity (Wildman–Crippen MR) is 166 cm³/mol. The summed E-state index contributed by atoms with van der Waals surface area (Å²) in [5.74, 6) is 0.699. The van der Waals surface area contributed by atoms with Crippen LogP contribution in [0.25, 0.3) is 0 Å². The standard InChI is InChI=1S/C32H38N2O7S.CH4/c1-32(2,3)41-31(36)20-40-25-11-10-22-7-5-8-24(15-23(22)16-25)33-18-30(35)28-13-12-26-17-29(28)34-42(37,38)27-9-4-6-21(14-27)19-39-26;/h4,6,9-14,16-17,24,30,33-35H,5,7-8,15,18-20H2,1-3H3;1H4/t24?,30-;/m0./s1. The van der Waals surface area contributed by atoms with E-state index in [9.17, 15) is 18.3 Å². The average molecular weight is 611 g/mol. The van der Waals surface area contributed by atoms with Crippen molar-refractivity contribution in [3.63, 3.8) is 0 Å². The maximum atomic E-state index is 13.1. The fraction of sp³-hybridized carbons (Fsp3) is 0.424. The quantitative estimate of drug-likeness (QED) is 0.243. The molecule has 0 saturated heterocycles. The number of anilines is 1. The number of esters is 1. The first-order chi connectivity index (χ1) is 19.9. The van der Waals surface area contributed by atoms with E-state index in [4.69, 9.17) is 14.2 Å². The van der Waals surface area contributed by atoms with Crippen LogP contribution in [-0.4, -0.2) is 44.3 Å². The summed E-state index contributed by atoms with van der Waals surface area (Å²) in [4.78, 5) is 12.2. The van der Waals surface area contributed by atoms with Crippen LogP contribution in [0, 0.1) is 0 Å². The number of aryl methyl sites for hydroxylation is 1. The number of nitrogens with one attached hydrogen (secondary N) is 2.